The van der Waals surface area contributed by atoms with E-state index in [-0.39, 0.29) is 17.5 Å². The first kappa shape index (κ1) is 12.5. The first-order valence-corrected chi connectivity index (χ1v) is 6.68. The summed E-state index contributed by atoms with van der Waals surface area (Å²) in [5.41, 5.74) is 0. The number of rotatable bonds is 4. The summed E-state index contributed by atoms with van der Waals surface area (Å²) in [5, 5.41) is 6.04. The van der Waals surface area contributed by atoms with Crippen LogP contribution in [0, 0.1) is 0 Å². The summed E-state index contributed by atoms with van der Waals surface area (Å²) in [7, 11) is -3.52. The van der Waals surface area contributed by atoms with E-state index in [0.29, 0.717) is 6.61 Å². The lowest BCUT2D eigenvalue weighted by Gasteiger charge is -2.17. The largest absolute Gasteiger partial charge is 0.348 e. The zero-order valence-electron chi connectivity index (χ0n) is 9.63. The van der Waals surface area contributed by atoms with Crippen LogP contribution in [0.2, 0.25) is 0 Å². The molecule has 0 aromatic carbocycles. The van der Waals surface area contributed by atoms with Crippen LogP contribution in [0.4, 0.5) is 0 Å². The molecule has 17 heavy (non-hydrogen) atoms. The van der Waals surface area contributed by atoms with Crippen molar-refractivity contribution in [2.24, 2.45) is 0 Å². The van der Waals surface area contributed by atoms with Crippen molar-refractivity contribution < 1.29 is 17.9 Å². The maximum Gasteiger partial charge on any atom is 0.243 e. The minimum absolute atomic E-state index is 0.107. The molecule has 2 N–H and O–H groups in total. The quantitative estimate of drug-likeness (QED) is 0.785. The van der Waals surface area contributed by atoms with Gasteiger partial charge in [-0.1, -0.05) is 0 Å². The lowest BCUT2D eigenvalue weighted by Crippen LogP contribution is -2.34. The third kappa shape index (κ3) is 3.03. The second kappa shape index (κ2) is 4.37. The predicted molar refractivity (Wildman–Crippen MR) is 58.7 cm³/mol. The van der Waals surface area contributed by atoms with Crippen molar-refractivity contribution in [2.75, 3.05) is 13.2 Å². The summed E-state index contributed by atoms with van der Waals surface area (Å²) in [6, 6.07) is 0. The van der Waals surface area contributed by atoms with Gasteiger partial charge in [0.05, 0.1) is 18.9 Å². The monoisotopic (exact) mass is 261 g/mol. The van der Waals surface area contributed by atoms with Crippen molar-refractivity contribution in [1.82, 2.24) is 14.9 Å². The van der Waals surface area contributed by atoms with Crippen LogP contribution in [0.25, 0.3) is 0 Å². The van der Waals surface area contributed by atoms with Gasteiger partial charge >= 0.3 is 0 Å². The number of nitrogens with one attached hydrogen (secondary N) is 2. The Labute approximate surface area is 99.6 Å². The molecule has 96 valence electrons. The molecule has 1 aromatic heterocycles. The number of H-pyrrole nitrogens is 1. The molecule has 1 unspecified atom stereocenters. The van der Waals surface area contributed by atoms with Crippen LogP contribution in [-0.4, -0.2) is 43.7 Å². The highest BCUT2D eigenvalue weighted by molar-refractivity contribution is 7.89. The van der Waals surface area contributed by atoms with E-state index in [1.54, 1.807) is 13.8 Å². The van der Waals surface area contributed by atoms with Gasteiger partial charge in [0, 0.05) is 12.7 Å². The van der Waals surface area contributed by atoms with Crippen molar-refractivity contribution in [3.05, 3.63) is 12.4 Å². The van der Waals surface area contributed by atoms with E-state index >= 15 is 0 Å². The van der Waals surface area contributed by atoms with E-state index in [1.807, 2.05) is 0 Å². The highest BCUT2D eigenvalue weighted by atomic mass is 32.2. The van der Waals surface area contributed by atoms with Gasteiger partial charge in [0.2, 0.25) is 10.0 Å². The summed E-state index contributed by atoms with van der Waals surface area (Å²) in [6.45, 7) is 4.13. The molecule has 8 heteroatoms. The van der Waals surface area contributed by atoms with Crippen molar-refractivity contribution in [2.45, 2.75) is 30.6 Å². The Kier molecular flexibility index (Phi) is 3.21. The molecule has 1 saturated heterocycles. The molecule has 2 heterocycles. The lowest BCUT2D eigenvalue weighted by molar-refractivity contribution is -0.137. The maximum atomic E-state index is 11.7. The summed E-state index contributed by atoms with van der Waals surface area (Å²) < 4.78 is 36.8. The molecule has 1 aliphatic heterocycles. The van der Waals surface area contributed by atoms with Crippen LogP contribution in [0.1, 0.15) is 13.8 Å². The molecular weight excluding hydrogens is 246 g/mol. The first-order chi connectivity index (χ1) is 7.89. The van der Waals surface area contributed by atoms with Gasteiger partial charge in [-0.2, -0.15) is 5.10 Å². The zero-order valence-corrected chi connectivity index (χ0v) is 10.5. The zero-order chi connectivity index (χ0) is 12.5. The molecule has 2 rings (SSSR count). The van der Waals surface area contributed by atoms with Gasteiger partial charge in [-0.15, -0.1) is 0 Å². The number of hydrogen-bond acceptors (Lipinski definition) is 5. The van der Waals surface area contributed by atoms with Crippen LogP contribution in [0.5, 0.6) is 0 Å². The number of aromatic amines is 1. The Balaban J connectivity index is 1.91. The van der Waals surface area contributed by atoms with Gasteiger partial charge in [0.25, 0.3) is 0 Å². The van der Waals surface area contributed by atoms with Gasteiger partial charge in [-0.3, -0.25) is 5.10 Å². The maximum absolute atomic E-state index is 11.7. The number of sulfonamides is 1. The number of hydrogen-bond donors (Lipinski definition) is 2. The van der Waals surface area contributed by atoms with Crippen LogP contribution in [0.15, 0.2) is 17.3 Å². The molecule has 0 aliphatic carbocycles. The summed E-state index contributed by atoms with van der Waals surface area (Å²) >= 11 is 0. The van der Waals surface area contributed by atoms with Gasteiger partial charge in [-0.25, -0.2) is 13.1 Å². The smallest absolute Gasteiger partial charge is 0.243 e. The average molecular weight is 261 g/mol. The average Bonchev–Trinajstić information content (AvgIpc) is 2.84. The molecule has 7 nitrogen and oxygen atoms in total. The van der Waals surface area contributed by atoms with Crippen LogP contribution in [-0.2, 0) is 19.5 Å². The minimum Gasteiger partial charge on any atom is -0.348 e. The molecule has 1 atom stereocenters. The van der Waals surface area contributed by atoms with Gasteiger partial charge in [0.1, 0.15) is 4.90 Å². The third-order valence-electron chi connectivity index (χ3n) is 2.35. The molecule has 0 spiro atoms. The molecule has 1 aromatic rings. The van der Waals surface area contributed by atoms with Crippen molar-refractivity contribution in [3.63, 3.8) is 0 Å². The first-order valence-electron chi connectivity index (χ1n) is 5.19. The van der Waals surface area contributed by atoms with E-state index in [0.717, 1.165) is 0 Å². The SMILES string of the molecule is CC1(C)OCC(CNS(=O)(=O)c2cn[nH]c2)O1. The lowest BCUT2D eigenvalue weighted by atomic mass is 10.4. The third-order valence-corrected chi connectivity index (χ3v) is 3.74. The molecule has 0 saturated carbocycles. The summed E-state index contributed by atoms with van der Waals surface area (Å²) in [4.78, 5) is 0.107. The van der Waals surface area contributed by atoms with E-state index in [9.17, 15) is 8.42 Å². The molecule has 0 bridgehead atoms. The van der Waals surface area contributed by atoms with Crippen molar-refractivity contribution in [3.8, 4) is 0 Å². The number of nitrogens with zero attached hydrogens (tertiary/aromatic N) is 1. The topological polar surface area (TPSA) is 93.3 Å². The van der Waals surface area contributed by atoms with Crippen molar-refractivity contribution in [1.29, 1.82) is 0 Å². The van der Waals surface area contributed by atoms with Crippen LogP contribution < -0.4 is 4.72 Å². The van der Waals surface area contributed by atoms with E-state index < -0.39 is 15.8 Å². The highest BCUT2D eigenvalue weighted by Crippen LogP contribution is 2.21. The number of aromatic nitrogens is 2. The summed E-state index contributed by atoms with van der Waals surface area (Å²) in [6.07, 6.45) is 2.29. The van der Waals surface area contributed by atoms with Crippen molar-refractivity contribution >= 4 is 10.0 Å². The Morgan fingerprint density at radius 1 is 1.65 bits per heavy atom. The highest BCUT2D eigenvalue weighted by Gasteiger charge is 2.33. The standard InChI is InChI=1S/C9H15N3O4S/c1-9(2)15-6-7(16-9)3-12-17(13,14)8-4-10-11-5-8/h4-5,7,12H,3,6H2,1-2H3,(H,10,11). The second-order valence-electron chi connectivity index (χ2n) is 4.24. The Hall–Kier alpha value is -0.960. The molecule has 0 amide bonds. The Morgan fingerprint density at radius 2 is 2.41 bits per heavy atom. The van der Waals surface area contributed by atoms with E-state index in [1.165, 1.54) is 12.4 Å². The normalized spacial score (nSPS) is 24.0. The van der Waals surface area contributed by atoms with Crippen LogP contribution >= 0.6 is 0 Å². The van der Waals surface area contributed by atoms with Crippen LogP contribution in [0.3, 0.4) is 0 Å². The molecule has 1 aliphatic rings. The Bertz CT molecular complexity index is 468. The fraction of sp³-hybridized carbons (Fsp3) is 0.667. The predicted octanol–water partition coefficient (Wildman–Crippen LogP) is -0.160. The van der Waals surface area contributed by atoms with E-state index in [2.05, 4.69) is 14.9 Å². The summed E-state index contributed by atoms with van der Waals surface area (Å²) in [5.74, 6) is -0.647. The minimum atomic E-state index is -3.52. The van der Waals surface area contributed by atoms with Gasteiger partial charge < -0.3 is 9.47 Å². The fourth-order valence-corrected chi connectivity index (χ4v) is 2.51. The molecule has 1 fully saturated rings. The Morgan fingerprint density at radius 3 is 2.94 bits per heavy atom. The molecule has 0 radical (unpaired) electrons. The van der Waals surface area contributed by atoms with Gasteiger partial charge in [-0.05, 0) is 13.8 Å². The van der Waals surface area contributed by atoms with Gasteiger partial charge in [0.15, 0.2) is 5.79 Å². The second-order valence-corrected chi connectivity index (χ2v) is 6.00. The number of ether oxygens (including phenoxy) is 2. The molecular formula is C9H15N3O4S. The van der Waals surface area contributed by atoms with E-state index in [4.69, 9.17) is 9.47 Å². The fourth-order valence-electron chi connectivity index (χ4n) is 1.54.